The van der Waals surface area contributed by atoms with E-state index in [0.29, 0.717) is 12.1 Å². The van der Waals surface area contributed by atoms with E-state index in [-0.39, 0.29) is 17.6 Å². The molecule has 2 aliphatic heterocycles. The Morgan fingerprint density at radius 1 is 1.12 bits per heavy atom. The van der Waals surface area contributed by atoms with E-state index in [0.717, 1.165) is 58.4 Å². The maximum absolute atomic E-state index is 13.3. The number of carbonyl (C=O) groups is 1. The molecule has 178 valence electrons. The van der Waals surface area contributed by atoms with Crippen molar-refractivity contribution in [3.8, 4) is 0 Å². The number of piperidine rings is 1. The molecule has 2 saturated heterocycles. The minimum Gasteiger partial charge on any atom is -0.372 e. The number of anilines is 1. The average molecular weight is 454 g/mol. The van der Waals surface area contributed by atoms with Crippen LogP contribution in [0.2, 0.25) is 0 Å². The third kappa shape index (κ3) is 5.92. The van der Waals surface area contributed by atoms with Gasteiger partial charge in [0, 0.05) is 50.5 Å². The summed E-state index contributed by atoms with van der Waals surface area (Å²) in [5, 5.41) is 2.91. The molecule has 1 spiro atoms. The first-order valence-corrected chi connectivity index (χ1v) is 12.3. The van der Waals surface area contributed by atoms with Crippen LogP contribution in [0.25, 0.3) is 0 Å². The van der Waals surface area contributed by atoms with Crippen LogP contribution in [-0.4, -0.2) is 55.2 Å². The molecule has 0 unspecified atom stereocenters. The number of amides is 1. The topological polar surface area (TPSA) is 44.8 Å². The summed E-state index contributed by atoms with van der Waals surface area (Å²) in [6.45, 7) is 9.94. The molecule has 1 N–H and O–H groups in total. The Hall–Kier alpha value is -2.44. The third-order valence-corrected chi connectivity index (χ3v) is 7.15. The maximum Gasteiger partial charge on any atom is 0.251 e. The van der Waals surface area contributed by atoms with Crippen LogP contribution in [0.3, 0.4) is 0 Å². The number of likely N-dealkylation sites (tertiary alicyclic amines) is 1. The first kappa shape index (κ1) is 23.7. The number of halogens is 1. The summed E-state index contributed by atoms with van der Waals surface area (Å²) < 4.78 is 19.8. The molecule has 2 aliphatic rings. The Labute approximate surface area is 196 Å². The van der Waals surface area contributed by atoms with Gasteiger partial charge in [0.05, 0.1) is 11.7 Å². The van der Waals surface area contributed by atoms with Gasteiger partial charge < -0.3 is 15.0 Å². The zero-order valence-corrected chi connectivity index (χ0v) is 19.9. The van der Waals surface area contributed by atoms with E-state index in [9.17, 15) is 9.18 Å². The van der Waals surface area contributed by atoms with E-state index in [1.165, 1.54) is 23.4 Å². The van der Waals surface area contributed by atoms with Crippen LogP contribution in [0, 0.1) is 5.82 Å². The highest BCUT2D eigenvalue weighted by Crippen LogP contribution is 2.39. The number of nitrogens with zero attached hydrogens (tertiary/aromatic N) is 2. The van der Waals surface area contributed by atoms with Crippen LogP contribution >= 0.6 is 0 Å². The summed E-state index contributed by atoms with van der Waals surface area (Å²) in [6, 6.07) is 14.8. The second-order valence-electron chi connectivity index (χ2n) is 9.30. The number of hydrogen-bond donors (Lipinski definition) is 1. The third-order valence-electron chi connectivity index (χ3n) is 7.15. The Morgan fingerprint density at radius 3 is 2.52 bits per heavy atom. The zero-order valence-electron chi connectivity index (χ0n) is 19.9. The molecule has 2 aromatic rings. The van der Waals surface area contributed by atoms with E-state index in [1.807, 2.05) is 0 Å². The second-order valence-corrected chi connectivity index (χ2v) is 9.30. The van der Waals surface area contributed by atoms with Crippen LogP contribution in [0.4, 0.5) is 10.1 Å². The fourth-order valence-electron chi connectivity index (χ4n) is 5.12. The Bertz CT molecular complexity index is 921. The van der Waals surface area contributed by atoms with Crippen molar-refractivity contribution >= 4 is 11.6 Å². The maximum atomic E-state index is 13.3. The van der Waals surface area contributed by atoms with Gasteiger partial charge in [-0.1, -0.05) is 18.2 Å². The predicted molar refractivity (Wildman–Crippen MR) is 130 cm³/mol. The molecule has 0 radical (unpaired) electrons. The average Bonchev–Trinajstić information content (AvgIpc) is 3.23. The van der Waals surface area contributed by atoms with Crippen molar-refractivity contribution in [1.29, 1.82) is 0 Å². The summed E-state index contributed by atoms with van der Waals surface area (Å²) in [7, 11) is 0. The molecule has 0 bridgehead atoms. The molecule has 5 nitrogen and oxygen atoms in total. The molecule has 2 fully saturated rings. The molecule has 2 heterocycles. The fourth-order valence-corrected chi connectivity index (χ4v) is 5.12. The van der Waals surface area contributed by atoms with Gasteiger partial charge in [0.1, 0.15) is 5.82 Å². The number of benzene rings is 2. The van der Waals surface area contributed by atoms with E-state index < -0.39 is 5.82 Å². The summed E-state index contributed by atoms with van der Waals surface area (Å²) >= 11 is 0. The number of hydrogen-bond acceptors (Lipinski definition) is 4. The number of nitrogens with one attached hydrogen (secondary N) is 1. The highest BCUT2D eigenvalue weighted by atomic mass is 19.1. The van der Waals surface area contributed by atoms with Crippen molar-refractivity contribution in [2.75, 3.05) is 37.6 Å². The van der Waals surface area contributed by atoms with Gasteiger partial charge in [-0.15, -0.1) is 0 Å². The molecule has 1 amide bonds. The van der Waals surface area contributed by atoms with Crippen molar-refractivity contribution in [2.24, 2.45) is 0 Å². The van der Waals surface area contributed by atoms with Gasteiger partial charge >= 0.3 is 0 Å². The van der Waals surface area contributed by atoms with Gasteiger partial charge in [-0.25, -0.2) is 4.39 Å². The van der Waals surface area contributed by atoms with Crippen LogP contribution in [0.15, 0.2) is 48.5 Å². The van der Waals surface area contributed by atoms with Crippen molar-refractivity contribution in [3.05, 3.63) is 65.5 Å². The van der Waals surface area contributed by atoms with E-state index in [4.69, 9.17) is 4.74 Å². The van der Waals surface area contributed by atoms with Gasteiger partial charge in [0.2, 0.25) is 0 Å². The van der Waals surface area contributed by atoms with Gasteiger partial charge in [-0.3, -0.25) is 9.69 Å². The van der Waals surface area contributed by atoms with Crippen LogP contribution < -0.4 is 10.2 Å². The molecular weight excluding hydrogens is 417 g/mol. The smallest absolute Gasteiger partial charge is 0.251 e. The zero-order chi connectivity index (χ0) is 23.3. The predicted octanol–water partition coefficient (Wildman–Crippen LogP) is 4.62. The Kier molecular flexibility index (Phi) is 7.66. The summed E-state index contributed by atoms with van der Waals surface area (Å²) in [5.74, 6) is -0.647. The lowest BCUT2D eigenvalue weighted by atomic mass is 9.88. The van der Waals surface area contributed by atoms with E-state index >= 15 is 0 Å². The highest BCUT2D eigenvalue weighted by molar-refractivity contribution is 5.94. The molecular formula is C27H36FN3O2. The van der Waals surface area contributed by atoms with Gasteiger partial charge in [-0.2, -0.15) is 0 Å². The van der Waals surface area contributed by atoms with Crippen molar-refractivity contribution in [1.82, 2.24) is 10.2 Å². The van der Waals surface area contributed by atoms with E-state index in [2.05, 4.69) is 53.2 Å². The van der Waals surface area contributed by atoms with Crippen LogP contribution in [0.1, 0.15) is 55.5 Å². The minimum absolute atomic E-state index is 0.0293. The second kappa shape index (κ2) is 10.7. The molecule has 33 heavy (non-hydrogen) atoms. The minimum atomic E-state index is -0.398. The van der Waals surface area contributed by atoms with Crippen LogP contribution in [-0.2, 0) is 11.3 Å². The Morgan fingerprint density at radius 2 is 1.85 bits per heavy atom. The number of rotatable bonds is 8. The molecule has 0 saturated carbocycles. The summed E-state index contributed by atoms with van der Waals surface area (Å²) in [4.78, 5) is 17.2. The number of ether oxygens (including phenoxy) is 1. The SMILES string of the molecule is CCN(CC)c1ccc(CN2CCC3(CC[C@H](CNC(=O)c4cccc(F)c4)O3)CC2)cc1. The van der Waals surface area contributed by atoms with Gasteiger partial charge in [0.15, 0.2) is 0 Å². The molecule has 6 heteroatoms. The standard InChI is InChI=1S/C27H36FN3O2/c1-3-31(4-2)24-10-8-21(9-11-24)20-30-16-14-27(15-17-30)13-12-25(33-27)19-29-26(32)22-6-5-7-23(28)18-22/h5-11,18,25H,3-4,12-17,19-20H2,1-2H3,(H,29,32)/t25-/m1/s1. The molecule has 0 aromatic heterocycles. The Balaban J connectivity index is 1.22. The molecule has 0 aliphatic carbocycles. The first-order chi connectivity index (χ1) is 16.0. The molecule has 2 aromatic carbocycles. The van der Waals surface area contributed by atoms with Gasteiger partial charge in [0.25, 0.3) is 5.91 Å². The van der Waals surface area contributed by atoms with Crippen molar-refractivity contribution < 1.29 is 13.9 Å². The van der Waals surface area contributed by atoms with Gasteiger partial charge in [-0.05, 0) is 75.4 Å². The lowest BCUT2D eigenvalue weighted by molar-refractivity contribution is -0.0764. The molecule has 4 rings (SSSR count). The monoisotopic (exact) mass is 453 g/mol. The van der Waals surface area contributed by atoms with Crippen molar-refractivity contribution in [3.63, 3.8) is 0 Å². The number of carbonyl (C=O) groups excluding carboxylic acids is 1. The van der Waals surface area contributed by atoms with E-state index in [1.54, 1.807) is 12.1 Å². The normalized spacial score (nSPS) is 20.2. The van der Waals surface area contributed by atoms with Crippen LogP contribution in [0.5, 0.6) is 0 Å². The summed E-state index contributed by atoms with van der Waals surface area (Å²) in [6.07, 6.45) is 4.08. The fraction of sp³-hybridized carbons (Fsp3) is 0.519. The molecule has 1 atom stereocenters. The lowest BCUT2D eigenvalue weighted by Crippen LogP contribution is -2.44. The first-order valence-electron chi connectivity index (χ1n) is 12.3. The van der Waals surface area contributed by atoms with Crippen molar-refractivity contribution in [2.45, 2.75) is 57.8 Å². The highest BCUT2D eigenvalue weighted by Gasteiger charge is 2.42. The largest absolute Gasteiger partial charge is 0.372 e. The quantitative estimate of drug-likeness (QED) is 0.634. The summed E-state index contributed by atoms with van der Waals surface area (Å²) in [5.41, 5.74) is 2.93. The lowest BCUT2D eigenvalue weighted by Gasteiger charge is -2.39.